The smallest absolute Gasteiger partial charge is 0.305 e. The highest BCUT2D eigenvalue weighted by Crippen LogP contribution is 2.26. The minimum atomic E-state index is -4.06. The lowest BCUT2D eigenvalue weighted by Gasteiger charge is -2.33. The summed E-state index contributed by atoms with van der Waals surface area (Å²) in [6.45, 7) is 0.0726. The largest absolute Gasteiger partial charge is 0.481 e. The fourth-order valence-electron chi connectivity index (χ4n) is 2.26. The van der Waals surface area contributed by atoms with E-state index in [0.717, 1.165) is 16.4 Å². The third-order valence-corrected chi connectivity index (χ3v) is 5.25. The van der Waals surface area contributed by atoms with Crippen LogP contribution in [-0.2, 0) is 19.6 Å². The molecule has 1 N–H and O–H groups in total. The molecule has 1 heterocycles. The number of hydrogen-bond donors (Lipinski definition) is 1. The maximum absolute atomic E-state index is 12.7. The standard InChI is InChI=1S/C13H15F2NO5S/c14-13(15)9-2-1-3-11(6-9)22(19,20)16-4-5-21-8-10(16)7-12(17)18/h1-3,6,10,13H,4-5,7-8H2,(H,17,18). The molecular formula is C13H15F2NO5S. The first-order valence-corrected chi connectivity index (χ1v) is 7.96. The Balaban J connectivity index is 2.35. The summed E-state index contributed by atoms with van der Waals surface area (Å²) in [7, 11) is -4.06. The van der Waals surface area contributed by atoms with E-state index in [1.54, 1.807) is 0 Å². The number of carboxylic acid groups (broad SMARTS) is 1. The normalized spacial score (nSPS) is 20.2. The predicted molar refractivity (Wildman–Crippen MR) is 72.2 cm³/mol. The molecule has 0 aromatic heterocycles. The van der Waals surface area contributed by atoms with Crippen LogP contribution in [-0.4, -0.2) is 49.6 Å². The molecule has 1 fully saturated rings. The molecule has 22 heavy (non-hydrogen) atoms. The van der Waals surface area contributed by atoms with Crippen molar-refractivity contribution in [3.05, 3.63) is 29.8 Å². The quantitative estimate of drug-likeness (QED) is 0.881. The Hall–Kier alpha value is -1.58. The second-order valence-corrected chi connectivity index (χ2v) is 6.71. The lowest BCUT2D eigenvalue weighted by molar-refractivity contribution is -0.139. The van der Waals surface area contributed by atoms with Gasteiger partial charge in [0.15, 0.2) is 0 Å². The molecule has 1 atom stereocenters. The molecule has 1 aliphatic heterocycles. The number of benzene rings is 1. The van der Waals surface area contributed by atoms with E-state index in [2.05, 4.69) is 0 Å². The highest BCUT2D eigenvalue weighted by Gasteiger charge is 2.35. The fraction of sp³-hybridized carbons (Fsp3) is 0.462. The molecule has 0 radical (unpaired) electrons. The summed E-state index contributed by atoms with van der Waals surface area (Å²) in [4.78, 5) is 10.6. The van der Waals surface area contributed by atoms with Gasteiger partial charge in [0.1, 0.15) is 0 Å². The summed E-state index contributed by atoms with van der Waals surface area (Å²) in [5.74, 6) is -1.16. The SMILES string of the molecule is O=C(O)CC1COCCN1S(=O)(=O)c1cccc(C(F)F)c1. The van der Waals surface area contributed by atoms with Gasteiger partial charge in [-0.05, 0) is 12.1 Å². The Morgan fingerprint density at radius 1 is 1.45 bits per heavy atom. The van der Waals surface area contributed by atoms with Gasteiger partial charge in [0, 0.05) is 12.1 Å². The number of halogens is 2. The van der Waals surface area contributed by atoms with Crippen LogP contribution in [0.2, 0.25) is 0 Å². The van der Waals surface area contributed by atoms with Gasteiger partial charge < -0.3 is 9.84 Å². The van der Waals surface area contributed by atoms with Crippen molar-refractivity contribution in [1.82, 2.24) is 4.31 Å². The Kier molecular flexibility index (Phi) is 5.09. The van der Waals surface area contributed by atoms with E-state index in [0.29, 0.717) is 0 Å². The monoisotopic (exact) mass is 335 g/mol. The third-order valence-electron chi connectivity index (χ3n) is 3.30. The maximum Gasteiger partial charge on any atom is 0.305 e. The summed E-state index contributed by atoms with van der Waals surface area (Å²) >= 11 is 0. The van der Waals surface area contributed by atoms with E-state index >= 15 is 0 Å². The molecule has 2 rings (SSSR count). The van der Waals surface area contributed by atoms with Gasteiger partial charge in [-0.25, -0.2) is 17.2 Å². The van der Waals surface area contributed by atoms with Crippen molar-refractivity contribution in [1.29, 1.82) is 0 Å². The van der Waals surface area contributed by atoms with E-state index in [9.17, 15) is 22.0 Å². The lowest BCUT2D eigenvalue weighted by Crippen LogP contribution is -2.49. The van der Waals surface area contributed by atoms with Gasteiger partial charge in [-0.3, -0.25) is 4.79 Å². The number of carboxylic acids is 1. The minimum absolute atomic E-state index is 0.0147. The van der Waals surface area contributed by atoms with Crippen molar-refractivity contribution in [3.63, 3.8) is 0 Å². The van der Waals surface area contributed by atoms with E-state index in [1.165, 1.54) is 12.1 Å². The van der Waals surface area contributed by atoms with Gasteiger partial charge in [0.05, 0.1) is 30.6 Å². The van der Waals surface area contributed by atoms with Crippen LogP contribution in [0.4, 0.5) is 8.78 Å². The molecule has 122 valence electrons. The number of alkyl halides is 2. The van der Waals surface area contributed by atoms with Crippen molar-refractivity contribution < 1.29 is 31.8 Å². The Morgan fingerprint density at radius 3 is 2.82 bits per heavy atom. The number of rotatable bonds is 5. The lowest BCUT2D eigenvalue weighted by atomic mass is 10.2. The first-order chi connectivity index (χ1) is 10.3. The number of nitrogens with zero attached hydrogens (tertiary/aromatic N) is 1. The molecule has 6 nitrogen and oxygen atoms in total. The highest BCUT2D eigenvalue weighted by molar-refractivity contribution is 7.89. The predicted octanol–water partition coefficient (Wildman–Crippen LogP) is 1.49. The van der Waals surface area contributed by atoms with E-state index in [-0.39, 0.29) is 24.7 Å². The highest BCUT2D eigenvalue weighted by atomic mass is 32.2. The Labute approximate surface area is 126 Å². The molecule has 1 saturated heterocycles. The van der Waals surface area contributed by atoms with E-state index < -0.39 is 40.4 Å². The van der Waals surface area contributed by atoms with Crippen LogP contribution in [0.1, 0.15) is 18.4 Å². The van der Waals surface area contributed by atoms with Crippen molar-refractivity contribution >= 4 is 16.0 Å². The zero-order valence-corrected chi connectivity index (χ0v) is 12.3. The first-order valence-electron chi connectivity index (χ1n) is 6.52. The molecule has 0 bridgehead atoms. The molecular weight excluding hydrogens is 320 g/mol. The summed E-state index contributed by atoms with van der Waals surface area (Å²) in [5, 5.41) is 8.86. The zero-order valence-electron chi connectivity index (χ0n) is 11.5. The molecule has 1 aromatic rings. The van der Waals surface area contributed by atoms with Gasteiger partial charge >= 0.3 is 5.97 Å². The average Bonchev–Trinajstić information content (AvgIpc) is 2.47. The van der Waals surface area contributed by atoms with Crippen LogP contribution >= 0.6 is 0 Å². The third kappa shape index (κ3) is 3.60. The maximum atomic E-state index is 12.7. The Morgan fingerprint density at radius 2 is 2.18 bits per heavy atom. The summed E-state index contributed by atoms with van der Waals surface area (Å²) < 4.78 is 56.7. The van der Waals surface area contributed by atoms with Crippen molar-refractivity contribution in [2.75, 3.05) is 19.8 Å². The van der Waals surface area contributed by atoms with Crippen LogP contribution in [0, 0.1) is 0 Å². The second kappa shape index (κ2) is 6.67. The summed E-state index contributed by atoms with van der Waals surface area (Å²) in [6.07, 6.45) is -3.19. The molecule has 0 amide bonds. The molecule has 1 unspecified atom stereocenters. The van der Waals surface area contributed by atoms with Gasteiger partial charge in [-0.1, -0.05) is 12.1 Å². The molecule has 0 saturated carbocycles. The van der Waals surface area contributed by atoms with Crippen LogP contribution in [0.15, 0.2) is 29.2 Å². The molecule has 1 aromatic carbocycles. The van der Waals surface area contributed by atoms with Gasteiger partial charge in [-0.15, -0.1) is 0 Å². The average molecular weight is 335 g/mol. The number of morpholine rings is 1. The number of sulfonamides is 1. The van der Waals surface area contributed by atoms with Gasteiger partial charge in [0.25, 0.3) is 6.43 Å². The van der Waals surface area contributed by atoms with Crippen LogP contribution in [0.25, 0.3) is 0 Å². The topological polar surface area (TPSA) is 83.9 Å². The summed E-state index contributed by atoms with van der Waals surface area (Å²) in [6, 6.07) is 3.65. The van der Waals surface area contributed by atoms with Crippen molar-refractivity contribution in [2.45, 2.75) is 23.8 Å². The molecule has 1 aliphatic rings. The zero-order chi connectivity index (χ0) is 16.3. The number of aliphatic carboxylic acids is 1. The van der Waals surface area contributed by atoms with Gasteiger partial charge in [-0.2, -0.15) is 4.31 Å². The molecule has 0 spiro atoms. The molecule has 0 aliphatic carbocycles. The van der Waals surface area contributed by atoms with Crippen LogP contribution < -0.4 is 0 Å². The Bertz CT molecular complexity index is 650. The second-order valence-electron chi connectivity index (χ2n) is 4.82. The fourth-order valence-corrected chi connectivity index (χ4v) is 3.91. The minimum Gasteiger partial charge on any atom is -0.481 e. The first kappa shape index (κ1) is 16.8. The molecule has 9 heteroatoms. The van der Waals surface area contributed by atoms with E-state index in [4.69, 9.17) is 9.84 Å². The number of carbonyl (C=O) groups is 1. The van der Waals surface area contributed by atoms with E-state index in [1.807, 2.05) is 0 Å². The number of hydrogen-bond acceptors (Lipinski definition) is 4. The van der Waals surface area contributed by atoms with Gasteiger partial charge in [0.2, 0.25) is 10.0 Å². The van der Waals surface area contributed by atoms with Crippen molar-refractivity contribution in [2.24, 2.45) is 0 Å². The van der Waals surface area contributed by atoms with Crippen molar-refractivity contribution in [3.8, 4) is 0 Å². The summed E-state index contributed by atoms with van der Waals surface area (Å²) in [5.41, 5.74) is -0.399. The van der Waals surface area contributed by atoms with Crippen LogP contribution in [0.5, 0.6) is 0 Å². The number of ether oxygens (including phenoxy) is 1. The van der Waals surface area contributed by atoms with Crippen LogP contribution in [0.3, 0.4) is 0 Å².